The van der Waals surface area contributed by atoms with E-state index in [1.807, 2.05) is 6.92 Å². The van der Waals surface area contributed by atoms with E-state index in [1.165, 1.54) is 22.3 Å². The third-order valence-corrected chi connectivity index (χ3v) is 7.31. The van der Waals surface area contributed by atoms with E-state index in [1.54, 1.807) is 20.8 Å². The zero-order valence-electron chi connectivity index (χ0n) is 18.2. The van der Waals surface area contributed by atoms with Crippen molar-refractivity contribution in [2.75, 3.05) is 13.1 Å². The van der Waals surface area contributed by atoms with Gasteiger partial charge in [0.05, 0.1) is 6.04 Å². The van der Waals surface area contributed by atoms with Gasteiger partial charge in [-0.25, -0.2) is 23.6 Å². The number of hydrogen-bond donors (Lipinski definition) is 1. The second kappa shape index (κ2) is 8.22. The fourth-order valence-corrected chi connectivity index (χ4v) is 5.22. The van der Waals surface area contributed by atoms with Crippen LogP contribution in [0.15, 0.2) is 15.4 Å². The van der Waals surface area contributed by atoms with E-state index in [-0.39, 0.29) is 28.4 Å². The summed E-state index contributed by atoms with van der Waals surface area (Å²) >= 11 is 0. The molecule has 3 rings (SSSR count). The van der Waals surface area contributed by atoms with E-state index >= 15 is 0 Å². The van der Waals surface area contributed by atoms with Crippen LogP contribution in [-0.2, 0) is 14.8 Å². The van der Waals surface area contributed by atoms with E-state index in [9.17, 15) is 18.0 Å². The van der Waals surface area contributed by atoms with Gasteiger partial charge in [-0.3, -0.25) is 4.79 Å². The molecule has 1 atom stereocenters. The topological polar surface area (TPSA) is 109 Å². The maximum Gasteiger partial charge on any atom is 0.426 e. The summed E-state index contributed by atoms with van der Waals surface area (Å²) in [5.74, 6) is -0.325. The molecule has 0 unspecified atom stereocenters. The fraction of sp³-hybridized carbons (Fsp3) is 0.700. The molecular weight excluding hydrogens is 410 g/mol. The molecule has 1 N–H and O–H groups in total. The summed E-state index contributed by atoms with van der Waals surface area (Å²) in [5.41, 5.74) is 1.80. The van der Waals surface area contributed by atoms with Crippen LogP contribution < -0.4 is 5.43 Å². The molecule has 1 aliphatic carbocycles. The molecular formula is C20H31N3O6S. The Labute approximate surface area is 177 Å². The molecule has 2 heterocycles. The van der Waals surface area contributed by atoms with E-state index in [0.717, 1.165) is 25.7 Å². The van der Waals surface area contributed by atoms with E-state index in [2.05, 4.69) is 5.43 Å². The molecule has 2 fully saturated rings. The van der Waals surface area contributed by atoms with Gasteiger partial charge < -0.3 is 9.15 Å². The first kappa shape index (κ1) is 22.6. The second-order valence-corrected chi connectivity index (χ2v) is 10.9. The van der Waals surface area contributed by atoms with Gasteiger partial charge in [0.1, 0.15) is 16.3 Å². The molecule has 30 heavy (non-hydrogen) atoms. The van der Waals surface area contributed by atoms with Crippen LogP contribution in [0.4, 0.5) is 4.79 Å². The minimum atomic E-state index is -3.72. The lowest BCUT2D eigenvalue weighted by molar-refractivity contribution is 0.0197. The minimum Gasteiger partial charge on any atom is -0.455 e. The van der Waals surface area contributed by atoms with Crippen molar-refractivity contribution in [2.45, 2.75) is 76.8 Å². The van der Waals surface area contributed by atoms with Crippen molar-refractivity contribution in [2.24, 2.45) is 5.92 Å². The number of carbonyl (C=O) groups excluding carboxylic acids is 2. The molecule has 1 aromatic rings. The van der Waals surface area contributed by atoms with E-state index < -0.39 is 27.6 Å². The van der Waals surface area contributed by atoms with Crippen molar-refractivity contribution in [3.63, 3.8) is 0 Å². The van der Waals surface area contributed by atoms with Crippen LogP contribution in [0, 0.1) is 12.8 Å². The summed E-state index contributed by atoms with van der Waals surface area (Å²) in [6, 6.07) is 0.975. The molecule has 0 aromatic carbocycles. The molecule has 0 bridgehead atoms. The second-order valence-electron chi connectivity index (χ2n) is 9.01. The molecule has 2 amide bonds. The van der Waals surface area contributed by atoms with Crippen molar-refractivity contribution >= 4 is 22.0 Å². The molecule has 10 heteroatoms. The first-order valence-corrected chi connectivity index (χ1v) is 11.8. The van der Waals surface area contributed by atoms with Gasteiger partial charge in [-0.1, -0.05) is 0 Å². The predicted molar refractivity (Wildman–Crippen MR) is 109 cm³/mol. The standard InChI is InChI=1S/C20H31N3O6S/c1-13(15-8-9-15)23(21-19(25)29-20(3,4)5)18(24)16-12-17(14(2)28-16)30(26,27)22-10-6-7-11-22/h12-13,15H,6-11H2,1-5H3,(H,21,25)/t13-/m0/s1. The van der Waals surface area contributed by atoms with Crippen LogP contribution in [0.5, 0.6) is 0 Å². The number of hydrazine groups is 1. The van der Waals surface area contributed by atoms with Crippen LogP contribution >= 0.6 is 0 Å². The predicted octanol–water partition coefficient (Wildman–Crippen LogP) is 3.05. The third kappa shape index (κ3) is 4.97. The molecule has 1 aliphatic heterocycles. The lowest BCUT2D eigenvalue weighted by Gasteiger charge is -2.30. The molecule has 0 radical (unpaired) electrons. The summed E-state index contributed by atoms with van der Waals surface area (Å²) in [6.07, 6.45) is 2.78. The van der Waals surface area contributed by atoms with Crippen molar-refractivity contribution in [3.8, 4) is 0 Å². The van der Waals surface area contributed by atoms with E-state index in [0.29, 0.717) is 13.1 Å². The highest BCUT2D eigenvalue weighted by atomic mass is 32.2. The highest BCUT2D eigenvalue weighted by Gasteiger charge is 2.39. The number of hydrogen-bond acceptors (Lipinski definition) is 6. The number of nitrogens with zero attached hydrogens (tertiary/aromatic N) is 2. The number of rotatable bonds is 5. The highest BCUT2D eigenvalue weighted by Crippen LogP contribution is 2.35. The molecule has 0 spiro atoms. The largest absolute Gasteiger partial charge is 0.455 e. The van der Waals surface area contributed by atoms with Crippen molar-refractivity contribution in [3.05, 3.63) is 17.6 Å². The number of aryl methyl sites for hydroxylation is 1. The van der Waals surface area contributed by atoms with Gasteiger partial charge in [0.2, 0.25) is 10.0 Å². The number of ether oxygens (including phenoxy) is 1. The van der Waals surface area contributed by atoms with E-state index in [4.69, 9.17) is 9.15 Å². The normalized spacial score (nSPS) is 18.8. The Kier molecular flexibility index (Phi) is 6.20. The smallest absolute Gasteiger partial charge is 0.426 e. The zero-order valence-corrected chi connectivity index (χ0v) is 19.0. The highest BCUT2D eigenvalue weighted by molar-refractivity contribution is 7.89. The number of furan rings is 1. The van der Waals surface area contributed by atoms with Crippen LogP contribution in [0.2, 0.25) is 0 Å². The number of carbonyl (C=O) groups is 2. The maximum absolute atomic E-state index is 13.2. The number of sulfonamides is 1. The lowest BCUT2D eigenvalue weighted by atomic mass is 10.2. The van der Waals surface area contributed by atoms with Gasteiger partial charge in [-0.15, -0.1) is 0 Å². The molecule has 1 aromatic heterocycles. The number of amides is 2. The molecule has 1 saturated heterocycles. The van der Waals surface area contributed by atoms with Crippen LogP contribution in [0.3, 0.4) is 0 Å². The zero-order chi connectivity index (χ0) is 22.3. The molecule has 168 valence electrons. The summed E-state index contributed by atoms with van der Waals surface area (Å²) < 4.78 is 38.0. The van der Waals surface area contributed by atoms with Gasteiger partial charge >= 0.3 is 12.0 Å². The average Bonchev–Trinajstić information content (AvgIpc) is 3.16. The van der Waals surface area contributed by atoms with Gasteiger partial charge in [0.15, 0.2) is 5.76 Å². The summed E-state index contributed by atoms with van der Waals surface area (Å²) in [6.45, 7) is 9.47. The summed E-state index contributed by atoms with van der Waals surface area (Å²) in [5, 5.41) is 1.19. The van der Waals surface area contributed by atoms with Crippen LogP contribution in [-0.4, -0.2) is 54.5 Å². The van der Waals surface area contributed by atoms with Gasteiger partial charge in [-0.2, -0.15) is 4.31 Å². The Bertz CT molecular complexity index is 907. The number of nitrogens with one attached hydrogen (secondary N) is 1. The fourth-order valence-electron chi connectivity index (χ4n) is 3.54. The Hall–Kier alpha value is -2.07. The van der Waals surface area contributed by atoms with Crippen molar-refractivity contribution in [1.29, 1.82) is 0 Å². The van der Waals surface area contributed by atoms with Crippen LogP contribution in [0.25, 0.3) is 0 Å². The quantitative estimate of drug-likeness (QED) is 0.704. The Morgan fingerprint density at radius 3 is 2.40 bits per heavy atom. The van der Waals surface area contributed by atoms with Gasteiger partial charge in [0, 0.05) is 19.2 Å². The Morgan fingerprint density at radius 1 is 1.27 bits per heavy atom. The first-order chi connectivity index (χ1) is 13.9. The first-order valence-electron chi connectivity index (χ1n) is 10.3. The Morgan fingerprint density at radius 2 is 1.87 bits per heavy atom. The van der Waals surface area contributed by atoms with Crippen molar-refractivity contribution < 1.29 is 27.2 Å². The van der Waals surface area contributed by atoms with Crippen LogP contribution in [0.1, 0.15) is 69.7 Å². The van der Waals surface area contributed by atoms with Gasteiger partial charge in [0.25, 0.3) is 0 Å². The third-order valence-electron chi connectivity index (χ3n) is 5.31. The maximum atomic E-state index is 13.2. The van der Waals surface area contributed by atoms with Gasteiger partial charge in [-0.05, 0) is 66.2 Å². The summed E-state index contributed by atoms with van der Waals surface area (Å²) in [4.78, 5) is 25.5. The average molecular weight is 442 g/mol. The monoisotopic (exact) mass is 441 g/mol. The lowest BCUT2D eigenvalue weighted by Crippen LogP contribution is -2.52. The molecule has 9 nitrogen and oxygen atoms in total. The molecule has 1 saturated carbocycles. The minimum absolute atomic E-state index is 0.0101. The SMILES string of the molecule is Cc1oc(C(=O)N(NC(=O)OC(C)(C)C)[C@@H](C)C2CC2)cc1S(=O)(=O)N1CCCC1. The van der Waals surface area contributed by atoms with Crippen molar-refractivity contribution in [1.82, 2.24) is 14.7 Å². The summed E-state index contributed by atoms with van der Waals surface area (Å²) in [7, 11) is -3.72. The Balaban J connectivity index is 1.85. The molecule has 2 aliphatic rings.